The van der Waals surface area contributed by atoms with E-state index < -0.39 is 5.41 Å². The first kappa shape index (κ1) is 18.8. The van der Waals surface area contributed by atoms with Crippen LogP contribution in [-0.4, -0.2) is 45.2 Å². The van der Waals surface area contributed by atoms with Crippen LogP contribution in [0.4, 0.5) is 0 Å². The normalized spacial score (nSPS) is 20.0. The van der Waals surface area contributed by atoms with Gasteiger partial charge in [0.25, 0.3) is 5.91 Å². The molecule has 2 heterocycles. The maximum Gasteiger partial charge on any atom is 0.314 e. The van der Waals surface area contributed by atoms with Gasteiger partial charge in [0.2, 0.25) is 0 Å². The number of rotatable bonds is 5. The molecular weight excluding hydrogens is 374 g/mol. The van der Waals surface area contributed by atoms with Gasteiger partial charge in [-0.1, -0.05) is 23.7 Å². The SMILES string of the molecule is CCOC(=O)[C@@]1(Cc2cccc(Cl)c2)CCCN(C(=O)c2cnsn2)C1. The number of esters is 1. The van der Waals surface area contributed by atoms with E-state index in [1.807, 2.05) is 18.2 Å². The highest BCUT2D eigenvalue weighted by Crippen LogP contribution is 2.36. The molecule has 1 aromatic carbocycles. The topological polar surface area (TPSA) is 72.4 Å². The van der Waals surface area contributed by atoms with Crippen LogP contribution in [0, 0.1) is 5.41 Å². The van der Waals surface area contributed by atoms with Crippen molar-refractivity contribution in [2.24, 2.45) is 5.41 Å². The van der Waals surface area contributed by atoms with Gasteiger partial charge in [-0.3, -0.25) is 9.59 Å². The number of halogens is 1. The van der Waals surface area contributed by atoms with Crippen molar-refractivity contribution in [3.05, 3.63) is 46.7 Å². The predicted molar refractivity (Wildman–Crippen MR) is 99.3 cm³/mol. The molecule has 1 amide bonds. The minimum absolute atomic E-state index is 0.196. The Balaban J connectivity index is 1.87. The number of aromatic nitrogens is 2. The van der Waals surface area contributed by atoms with Crippen molar-refractivity contribution in [1.29, 1.82) is 0 Å². The van der Waals surface area contributed by atoms with Crippen molar-refractivity contribution >= 4 is 35.2 Å². The largest absolute Gasteiger partial charge is 0.466 e. The van der Waals surface area contributed by atoms with Crippen LogP contribution < -0.4 is 0 Å². The molecule has 1 saturated heterocycles. The summed E-state index contributed by atoms with van der Waals surface area (Å²) < 4.78 is 13.3. The first-order valence-electron chi connectivity index (χ1n) is 8.52. The fourth-order valence-corrected chi connectivity index (χ4v) is 4.05. The van der Waals surface area contributed by atoms with Gasteiger partial charge < -0.3 is 9.64 Å². The second-order valence-corrected chi connectivity index (χ2v) is 7.42. The van der Waals surface area contributed by atoms with E-state index in [1.165, 1.54) is 6.20 Å². The molecule has 1 fully saturated rings. The summed E-state index contributed by atoms with van der Waals surface area (Å²) in [6, 6.07) is 7.46. The van der Waals surface area contributed by atoms with Crippen LogP contribution >= 0.6 is 23.3 Å². The molecule has 0 N–H and O–H groups in total. The Morgan fingerprint density at radius 3 is 2.96 bits per heavy atom. The van der Waals surface area contributed by atoms with Gasteiger partial charge in [-0.25, -0.2) is 0 Å². The molecule has 0 spiro atoms. The number of likely N-dealkylation sites (tertiary alicyclic amines) is 1. The van der Waals surface area contributed by atoms with Gasteiger partial charge in [0.05, 0.1) is 29.9 Å². The lowest BCUT2D eigenvalue weighted by molar-refractivity contribution is -0.158. The number of hydrogen-bond acceptors (Lipinski definition) is 6. The number of nitrogens with zero attached hydrogens (tertiary/aromatic N) is 3. The molecule has 2 aromatic rings. The van der Waals surface area contributed by atoms with Crippen LogP contribution in [0.3, 0.4) is 0 Å². The fourth-order valence-electron chi connectivity index (χ4n) is 3.43. The minimum atomic E-state index is -0.780. The molecule has 8 heteroatoms. The molecule has 0 radical (unpaired) electrons. The van der Waals surface area contributed by atoms with Gasteiger partial charge >= 0.3 is 5.97 Å². The molecule has 0 aliphatic carbocycles. The highest BCUT2D eigenvalue weighted by molar-refractivity contribution is 6.99. The molecule has 1 aliphatic rings. The van der Waals surface area contributed by atoms with Crippen LogP contribution in [0.1, 0.15) is 35.8 Å². The van der Waals surface area contributed by atoms with Gasteiger partial charge in [0.1, 0.15) is 0 Å². The van der Waals surface area contributed by atoms with E-state index in [0.29, 0.717) is 43.3 Å². The first-order chi connectivity index (χ1) is 12.5. The first-order valence-corrected chi connectivity index (χ1v) is 9.63. The van der Waals surface area contributed by atoms with Gasteiger partial charge in [0, 0.05) is 18.1 Å². The number of carbonyl (C=O) groups excluding carboxylic acids is 2. The summed E-state index contributed by atoms with van der Waals surface area (Å²) in [6.45, 7) is 2.99. The summed E-state index contributed by atoms with van der Waals surface area (Å²) in [7, 11) is 0. The highest BCUT2D eigenvalue weighted by Gasteiger charge is 2.45. The smallest absolute Gasteiger partial charge is 0.314 e. The molecule has 138 valence electrons. The maximum absolute atomic E-state index is 12.8. The molecule has 0 saturated carbocycles. The number of amides is 1. The maximum atomic E-state index is 12.8. The van der Waals surface area contributed by atoms with Crippen molar-refractivity contribution in [1.82, 2.24) is 13.6 Å². The summed E-state index contributed by atoms with van der Waals surface area (Å²) >= 11 is 7.10. The van der Waals surface area contributed by atoms with E-state index in [4.69, 9.17) is 16.3 Å². The second-order valence-electron chi connectivity index (χ2n) is 6.43. The molecule has 1 aliphatic heterocycles. The Labute approximate surface area is 161 Å². The molecule has 0 bridgehead atoms. The average molecular weight is 394 g/mol. The molecule has 1 atom stereocenters. The van der Waals surface area contributed by atoms with E-state index >= 15 is 0 Å². The van der Waals surface area contributed by atoms with Crippen LogP contribution in [0.2, 0.25) is 5.02 Å². The summed E-state index contributed by atoms with van der Waals surface area (Å²) in [6.07, 6.45) is 3.33. The van der Waals surface area contributed by atoms with Crippen molar-refractivity contribution in [3.8, 4) is 0 Å². The zero-order chi connectivity index (χ0) is 18.6. The number of ether oxygens (including phenoxy) is 1. The van der Waals surface area contributed by atoms with E-state index in [-0.39, 0.29) is 11.9 Å². The van der Waals surface area contributed by atoms with Crippen molar-refractivity contribution < 1.29 is 14.3 Å². The zero-order valence-electron chi connectivity index (χ0n) is 14.5. The van der Waals surface area contributed by atoms with Gasteiger partial charge in [-0.2, -0.15) is 8.75 Å². The van der Waals surface area contributed by atoms with Crippen LogP contribution in [0.15, 0.2) is 30.5 Å². The quantitative estimate of drug-likeness (QED) is 0.729. The third-order valence-corrected chi connectivity index (χ3v) is 5.30. The lowest BCUT2D eigenvalue weighted by Gasteiger charge is -2.40. The van der Waals surface area contributed by atoms with E-state index in [9.17, 15) is 9.59 Å². The number of piperidine rings is 1. The average Bonchev–Trinajstić information content (AvgIpc) is 3.16. The minimum Gasteiger partial charge on any atom is -0.466 e. The molecule has 1 aromatic heterocycles. The molecule has 0 unspecified atom stereocenters. The van der Waals surface area contributed by atoms with Gasteiger partial charge in [0.15, 0.2) is 5.69 Å². The van der Waals surface area contributed by atoms with Crippen LogP contribution in [-0.2, 0) is 16.0 Å². The Hall–Kier alpha value is -1.99. The Bertz CT molecular complexity index is 784. The monoisotopic (exact) mass is 393 g/mol. The van der Waals surface area contributed by atoms with Crippen molar-refractivity contribution in [3.63, 3.8) is 0 Å². The summed E-state index contributed by atoms with van der Waals surface area (Å²) in [5.41, 5.74) is 0.491. The Kier molecular flexibility index (Phi) is 5.88. The van der Waals surface area contributed by atoms with Crippen molar-refractivity contribution in [2.75, 3.05) is 19.7 Å². The van der Waals surface area contributed by atoms with E-state index in [2.05, 4.69) is 8.75 Å². The lowest BCUT2D eigenvalue weighted by atomic mass is 9.75. The third-order valence-electron chi connectivity index (χ3n) is 4.58. The number of carbonyl (C=O) groups is 2. The van der Waals surface area contributed by atoms with Crippen LogP contribution in [0.25, 0.3) is 0 Å². The number of hydrogen-bond donors (Lipinski definition) is 0. The standard InChI is InChI=1S/C18H20ClN3O3S/c1-2-25-17(24)18(10-13-5-3-6-14(19)9-13)7-4-8-22(12-18)16(23)15-11-20-26-21-15/h3,5-6,9,11H,2,4,7-8,10,12H2,1H3/t18-/m1/s1. The fraction of sp³-hybridized carbons (Fsp3) is 0.444. The number of benzene rings is 1. The molecular formula is C18H20ClN3O3S. The zero-order valence-corrected chi connectivity index (χ0v) is 16.1. The summed E-state index contributed by atoms with van der Waals surface area (Å²) in [5.74, 6) is -0.466. The summed E-state index contributed by atoms with van der Waals surface area (Å²) in [4.78, 5) is 27.2. The predicted octanol–water partition coefficient (Wildman–Crippen LogP) is 3.22. The second kappa shape index (κ2) is 8.14. The summed E-state index contributed by atoms with van der Waals surface area (Å²) in [5, 5.41) is 0.624. The van der Waals surface area contributed by atoms with Crippen molar-refractivity contribution in [2.45, 2.75) is 26.2 Å². The third kappa shape index (κ3) is 4.04. The Morgan fingerprint density at radius 2 is 2.27 bits per heavy atom. The van der Waals surface area contributed by atoms with E-state index in [0.717, 1.165) is 23.7 Å². The van der Waals surface area contributed by atoms with Gasteiger partial charge in [-0.05, 0) is 43.9 Å². The molecule has 3 rings (SSSR count). The molecule has 26 heavy (non-hydrogen) atoms. The van der Waals surface area contributed by atoms with E-state index in [1.54, 1.807) is 17.9 Å². The highest BCUT2D eigenvalue weighted by atomic mass is 35.5. The molecule has 6 nitrogen and oxygen atoms in total. The lowest BCUT2D eigenvalue weighted by Crippen LogP contribution is -2.51. The van der Waals surface area contributed by atoms with Gasteiger partial charge in [-0.15, -0.1) is 0 Å². The van der Waals surface area contributed by atoms with Crippen LogP contribution in [0.5, 0.6) is 0 Å². The Morgan fingerprint density at radius 1 is 1.42 bits per heavy atom.